The molecule has 1 heterocycles. The monoisotopic (exact) mass is 288 g/mol. The van der Waals surface area contributed by atoms with E-state index in [4.69, 9.17) is 5.73 Å². The molecule has 2 unspecified atom stereocenters. The summed E-state index contributed by atoms with van der Waals surface area (Å²) >= 11 is 0. The largest absolute Gasteiger partial charge is 0.329 e. The molecule has 3 N–H and O–H groups in total. The molecule has 7 heteroatoms. The average molecular weight is 288 g/mol. The van der Waals surface area contributed by atoms with Crippen LogP contribution in [0.2, 0.25) is 0 Å². The minimum absolute atomic E-state index is 0.0854. The molecule has 1 aromatic heterocycles. The summed E-state index contributed by atoms with van der Waals surface area (Å²) in [5.41, 5.74) is 5.40. The van der Waals surface area contributed by atoms with Crippen LogP contribution in [0.5, 0.6) is 0 Å². The summed E-state index contributed by atoms with van der Waals surface area (Å²) in [6.45, 7) is 7.04. The Kier molecular flexibility index (Phi) is 5.96. The number of aromatic nitrogens is 2. The molecule has 0 aliphatic rings. The number of rotatable bonds is 8. The maximum absolute atomic E-state index is 12.1. The van der Waals surface area contributed by atoms with Gasteiger partial charge in [0.25, 0.3) is 0 Å². The minimum Gasteiger partial charge on any atom is -0.329 e. The summed E-state index contributed by atoms with van der Waals surface area (Å²) in [5, 5.41) is 3.97. The van der Waals surface area contributed by atoms with Gasteiger partial charge in [-0.05, 0) is 19.3 Å². The highest BCUT2D eigenvalue weighted by atomic mass is 32.2. The summed E-state index contributed by atoms with van der Waals surface area (Å²) in [7, 11) is -3.48. The summed E-state index contributed by atoms with van der Waals surface area (Å²) in [6, 6.07) is -0.0854. The standard InChI is InChI=1S/C12H24N4O2S/c1-4-10(2)7-11(3)15-19(17,18)12-8-14-16(9-12)6-5-13/h8-11,15H,4-7,13H2,1-3H3. The molecule has 0 spiro atoms. The summed E-state index contributed by atoms with van der Waals surface area (Å²) < 4.78 is 28.5. The van der Waals surface area contributed by atoms with E-state index in [9.17, 15) is 8.42 Å². The van der Waals surface area contributed by atoms with Crippen LogP contribution in [0, 0.1) is 5.92 Å². The van der Waals surface area contributed by atoms with Gasteiger partial charge < -0.3 is 5.73 Å². The van der Waals surface area contributed by atoms with Crippen molar-refractivity contribution in [2.45, 2.75) is 51.1 Å². The zero-order chi connectivity index (χ0) is 14.5. The molecule has 0 radical (unpaired) electrons. The Morgan fingerprint density at radius 1 is 1.47 bits per heavy atom. The van der Waals surface area contributed by atoms with Crippen LogP contribution < -0.4 is 10.5 Å². The number of nitrogens with two attached hydrogens (primary N) is 1. The number of sulfonamides is 1. The second-order valence-electron chi connectivity index (χ2n) is 5.00. The molecule has 0 saturated heterocycles. The molecule has 0 aliphatic heterocycles. The number of hydrogen-bond acceptors (Lipinski definition) is 4. The van der Waals surface area contributed by atoms with Crippen LogP contribution >= 0.6 is 0 Å². The first kappa shape index (κ1) is 16.1. The fraction of sp³-hybridized carbons (Fsp3) is 0.750. The van der Waals surface area contributed by atoms with E-state index >= 15 is 0 Å². The average Bonchev–Trinajstić information content (AvgIpc) is 2.78. The predicted octanol–water partition coefficient (Wildman–Crippen LogP) is 0.945. The van der Waals surface area contributed by atoms with Gasteiger partial charge in [0.2, 0.25) is 10.0 Å². The van der Waals surface area contributed by atoms with Gasteiger partial charge in [-0.2, -0.15) is 5.10 Å². The molecule has 0 saturated carbocycles. The van der Waals surface area contributed by atoms with E-state index in [1.54, 1.807) is 0 Å². The molecule has 2 atom stereocenters. The van der Waals surface area contributed by atoms with Crippen molar-refractivity contribution in [1.82, 2.24) is 14.5 Å². The lowest BCUT2D eigenvalue weighted by Gasteiger charge is -2.16. The van der Waals surface area contributed by atoms with E-state index in [0.29, 0.717) is 19.0 Å². The Morgan fingerprint density at radius 2 is 2.16 bits per heavy atom. The first-order chi connectivity index (χ1) is 8.89. The van der Waals surface area contributed by atoms with Crippen molar-refractivity contribution in [3.05, 3.63) is 12.4 Å². The highest BCUT2D eigenvalue weighted by Gasteiger charge is 2.20. The SMILES string of the molecule is CCC(C)CC(C)NS(=O)(=O)c1cnn(CCN)c1. The molecule has 1 aromatic rings. The quantitative estimate of drug-likeness (QED) is 0.745. The van der Waals surface area contributed by atoms with Crippen LogP contribution in [0.4, 0.5) is 0 Å². The third-order valence-corrected chi connectivity index (χ3v) is 4.63. The van der Waals surface area contributed by atoms with Gasteiger partial charge in [-0.25, -0.2) is 13.1 Å². The van der Waals surface area contributed by atoms with E-state index in [1.165, 1.54) is 17.1 Å². The molecular formula is C12H24N4O2S. The Morgan fingerprint density at radius 3 is 2.74 bits per heavy atom. The van der Waals surface area contributed by atoms with Crippen LogP contribution in [0.1, 0.15) is 33.6 Å². The van der Waals surface area contributed by atoms with Gasteiger partial charge in [-0.15, -0.1) is 0 Å². The maximum atomic E-state index is 12.1. The maximum Gasteiger partial charge on any atom is 0.243 e. The van der Waals surface area contributed by atoms with E-state index in [0.717, 1.165) is 12.8 Å². The Bertz CT molecular complexity index is 484. The zero-order valence-electron chi connectivity index (χ0n) is 11.8. The molecule has 1 rings (SSSR count). The Hall–Kier alpha value is -0.920. The van der Waals surface area contributed by atoms with Crippen LogP contribution in [-0.4, -0.2) is 30.8 Å². The number of nitrogens with one attached hydrogen (secondary N) is 1. The first-order valence-corrected chi connectivity index (χ1v) is 8.12. The van der Waals surface area contributed by atoms with Crippen molar-refractivity contribution in [2.24, 2.45) is 11.7 Å². The first-order valence-electron chi connectivity index (χ1n) is 6.64. The lowest BCUT2D eigenvalue weighted by Crippen LogP contribution is -2.33. The smallest absolute Gasteiger partial charge is 0.243 e. The minimum atomic E-state index is -3.48. The highest BCUT2D eigenvalue weighted by molar-refractivity contribution is 7.89. The Balaban J connectivity index is 2.69. The van der Waals surface area contributed by atoms with Crippen LogP contribution in [0.15, 0.2) is 17.3 Å². The van der Waals surface area contributed by atoms with Crippen molar-refractivity contribution in [3.63, 3.8) is 0 Å². The Labute approximate surface area is 115 Å². The van der Waals surface area contributed by atoms with E-state index in [2.05, 4.69) is 23.7 Å². The van der Waals surface area contributed by atoms with E-state index in [1.807, 2.05) is 6.92 Å². The molecule has 6 nitrogen and oxygen atoms in total. The topological polar surface area (TPSA) is 90.0 Å². The normalized spacial score (nSPS) is 15.4. The molecule has 0 fully saturated rings. The molecular weight excluding hydrogens is 264 g/mol. The summed E-state index contributed by atoms with van der Waals surface area (Å²) in [6.07, 6.45) is 4.73. The fourth-order valence-corrected chi connectivity index (χ4v) is 3.10. The number of hydrogen-bond donors (Lipinski definition) is 2. The van der Waals surface area contributed by atoms with Gasteiger partial charge in [0.05, 0.1) is 12.7 Å². The molecule has 0 aromatic carbocycles. The summed E-state index contributed by atoms with van der Waals surface area (Å²) in [4.78, 5) is 0.192. The fourth-order valence-electron chi connectivity index (χ4n) is 1.89. The van der Waals surface area contributed by atoms with Crippen molar-refractivity contribution in [1.29, 1.82) is 0 Å². The van der Waals surface area contributed by atoms with Gasteiger partial charge in [0.15, 0.2) is 0 Å². The van der Waals surface area contributed by atoms with Crippen molar-refractivity contribution >= 4 is 10.0 Å². The van der Waals surface area contributed by atoms with Crippen LogP contribution in [-0.2, 0) is 16.6 Å². The number of nitrogens with zero attached hydrogens (tertiary/aromatic N) is 2. The third kappa shape index (κ3) is 4.93. The molecule has 0 amide bonds. The summed E-state index contributed by atoms with van der Waals surface area (Å²) in [5.74, 6) is 0.498. The van der Waals surface area contributed by atoms with E-state index in [-0.39, 0.29) is 10.9 Å². The van der Waals surface area contributed by atoms with Gasteiger partial charge in [0, 0.05) is 18.8 Å². The lowest BCUT2D eigenvalue weighted by atomic mass is 10.0. The van der Waals surface area contributed by atoms with Crippen molar-refractivity contribution in [3.8, 4) is 0 Å². The van der Waals surface area contributed by atoms with E-state index < -0.39 is 10.0 Å². The van der Waals surface area contributed by atoms with Gasteiger partial charge in [0.1, 0.15) is 4.90 Å². The lowest BCUT2D eigenvalue weighted by molar-refractivity contribution is 0.445. The predicted molar refractivity (Wildman–Crippen MR) is 75.1 cm³/mol. The van der Waals surface area contributed by atoms with Gasteiger partial charge >= 0.3 is 0 Å². The van der Waals surface area contributed by atoms with Crippen LogP contribution in [0.3, 0.4) is 0 Å². The second-order valence-corrected chi connectivity index (χ2v) is 6.71. The molecule has 0 bridgehead atoms. The molecule has 19 heavy (non-hydrogen) atoms. The zero-order valence-corrected chi connectivity index (χ0v) is 12.7. The molecule has 110 valence electrons. The second kappa shape index (κ2) is 7.02. The highest BCUT2D eigenvalue weighted by Crippen LogP contribution is 2.13. The van der Waals surface area contributed by atoms with Crippen molar-refractivity contribution < 1.29 is 8.42 Å². The van der Waals surface area contributed by atoms with Crippen molar-refractivity contribution in [2.75, 3.05) is 6.54 Å². The van der Waals surface area contributed by atoms with Gasteiger partial charge in [-0.1, -0.05) is 20.3 Å². The third-order valence-electron chi connectivity index (χ3n) is 3.09. The van der Waals surface area contributed by atoms with Gasteiger partial charge in [-0.3, -0.25) is 4.68 Å². The molecule has 0 aliphatic carbocycles. The van der Waals surface area contributed by atoms with Crippen LogP contribution in [0.25, 0.3) is 0 Å².